The van der Waals surface area contributed by atoms with Crippen LogP contribution in [0.15, 0.2) is 75.9 Å². The fourth-order valence-corrected chi connectivity index (χ4v) is 6.75. The molecule has 1 saturated heterocycles. The summed E-state index contributed by atoms with van der Waals surface area (Å²) in [5.41, 5.74) is 1.81. The van der Waals surface area contributed by atoms with Gasteiger partial charge in [-0.3, -0.25) is 9.80 Å². The van der Waals surface area contributed by atoms with Gasteiger partial charge in [0.2, 0.25) is 0 Å². The predicted octanol–water partition coefficient (Wildman–Crippen LogP) is 4.82. The Hall–Kier alpha value is -2.77. The van der Waals surface area contributed by atoms with Crippen LogP contribution in [0.4, 0.5) is 14.5 Å². The summed E-state index contributed by atoms with van der Waals surface area (Å²) in [7, 11) is 1.85. The molecular weight excluding hydrogens is 660 g/mol. The molecule has 1 unspecified atom stereocenters. The second kappa shape index (κ2) is 13.0. The first-order valence-corrected chi connectivity index (χ1v) is 14.8. The first-order chi connectivity index (χ1) is 19.7. The third kappa shape index (κ3) is 7.75. The molecule has 0 amide bonds. The van der Waals surface area contributed by atoms with Crippen molar-refractivity contribution in [1.29, 1.82) is 0 Å². The van der Waals surface area contributed by atoms with Crippen molar-refractivity contribution in [1.82, 2.24) is 30.0 Å². The van der Waals surface area contributed by atoms with Gasteiger partial charge in [-0.15, -0.1) is 5.10 Å². The van der Waals surface area contributed by atoms with Gasteiger partial charge in [0.25, 0.3) is 0 Å². The lowest BCUT2D eigenvalue weighted by Gasteiger charge is -2.36. The van der Waals surface area contributed by atoms with E-state index in [0.29, 0.717) is 6.54 Å². The van der Waals surface area contributed by atoms with E-state index < -0.39 is 17.2 Å². The molecule has 1 aliphatic heterocycles. The van der Waals surface area contributed by atoms with E-state index in [1.54, 1.807) is 0 Å². The normalized spacial score (nSPS) is 15.8. The third-order valence-electron chi connectivity index (χ3n) is 7.23. The summed E-state index contributed by atoms with van der Waals surface area (Å²) in [4.78, 5) is 6.76. The molecule has 0 bridgehead atoms. The van der Waals surface area contributed by atoms with Crippen LogP contribution in [0.25, 0.3) is 0 Å². The van der Waals surface area contributed by atoms with Crippen molar-refractivity contribution in [3.8, 4) is 0 Å². The second-order valence-corrected chi connectivity index (χ2v) is 12.4. The fraction of sp³-hybridized carbons (Fsp3) is 0.345. The minimum atomic E-state index is -1.69. The van der Waals surface area contributed by atoms with Gasteiger partial charge in [-0.25, -0.2) is 13.5 Å². The van der Waals surface area contributed by atoms with Crippen LogP contribution in [-0.4, -0.2) is 74.9 Å². The summed E-state index contributed by atoms with van der Waals surface area (Å²) in [6, 6.07) is 18.0. The monoisotopic (exact) mass is 689 g/mol. The molecule has 1 aliphatic rings. The molecule has 5 rings (SSSR count). The Balaban J connectivity index is 1.19. The fourth-order valence-electron chi connectivity index (χ4n) is 5.36. The van der Waals surface area contributed by atoms with Crippen molar-refractivity contribution in [2.75, 3.05) is 44.7 Å². The van der Waals surface area contributed by atoms with Gasteiger partial charge in [0.1, 0.15) is 23.6 Å². The zero-order chi connectivity index (χ0) is 29.0. The Morgan fingerprint density at radius 3 is 2.27 bits per heavy atom. The molecular formula is C29H31Br2F2N7O. The first kappa shape index (κ1) is 29.7. The number of nitrogens with zero attached hydrogens (tertiary/aromatic N) is 7. The van der Waals surface area contributed by atoms with Crippen LogP contribution in [0.2, 0.25) is 0 Å². The Kier molecular flexibility index (Phi) is 9.45. The van der Waals surface area contributed by atoms with Gasteiger partial charge < -0.3 is 10.0 Å². The maximum atomic E-state index is 14.7. The molecule has 1 N–H and O–H groups in total. The quantitative estimate of drug-likeness (QED) is 0.256. The van der Waals surface area contributed by atoms with Crippen LogP contribution in [0, 0.1) is 11.6 Å². The highest BCUT2D eigenvalue weighted by molar-refractivity contribution is 9.11. The SMILES string of the molecule is CN(Cc1ccc(N2CCN(Cc3cc(Br)cc(Br)c3)CC2)cc1)CC(O)(Cn1cnnn1)c1ccc(F)cc1F. The molecule has 1 aromatic heterocycles. The van der Waals surface area contributed by atoms with E-state index in [0.717, 1.165) is 59.4 Å². The smallest absolute Gasteiger partial charge is 0.138 e. The highest BCUT2D eigenvalue weighted by Gasteiger charge is 2.35. The van der Waals surface area contributed by atoms with Crippen molar-refractivity contribution in [3.05, 3.63) is 104 Å². The zero-order valence-electron chi connectivity index (χ0n) is 22.6. The molecule has 8 nitrogen and oxygen atoms in total. The minimum absolute atomic E-state index is 0.0109. The Morgan fingerprint density at radius 1 is 0.927 bits per heavy atom. The van der Waals surface area contributed by atoms with E-state index in [2.05, 4.69) is 93.6 Å². The summed E-state index contributed by atoms with van der Waals surface area (Å²) >= 11 is 7.15. The van der Waals surface area contributed by atoms with E-state index in [1.807, 2.05) is 18.0 Å². The predicted molar refractivity (Wildman–Crippen MR) is 160 cm³/mol. The van der Waals surface area contributed by atoms with Crippen molar-refractivity contribution >= 4 is 37.5 Å². The maximum absolute atomic E-state index is 14.7. The number of aliphatic hydroxyl groups is 1. The molecule has 41 heavy (non-hydrogen) atoms. The second-order valence-electron chi connectivity index (χ2n) is 10.5. The highest BCUT2D eigenvalue weighted by Crippen LogP contribution is 2.28. The number of likely N-dealkylation sites (N-methyl/N-ethyl adjacent to an activating group) is 1. The van der Waals surface area contributed by atoms with E-state index >= 15 is 0 Å². The molecule has 0 radical (unpaired) electrons. The van der Waals surface area contributed by atoms with Gasteiger partial charge in [-0.05, 0) is 65.0 Å². The van der Waals surface area contributed by atoms with Gasteiger partial charge >= 0.3 is 0 Å². The number of benzene rings is 3. The van der Waals surface area contributed by atoms with Crippen molar-refractivity contribution < 1.29 is 13.9 Å². The van der Waals surface area contributed by atoms with E-state index in [-0.39, 0.29) is 18.7 Å². The number of hydrogen-bond acceptors (Lipinski definition) is 7. The molecule has 0 spiro atoms. The van der Waals surface area contributed by atoms with Crippen molar-refractivity contribution in [2.45, 2.75) is 25.2 Å². The molecule has 4 aromatic rings. The van der Waals surface area contributed by atoms with Crippen LogP contribution in [0.1, 0.15) is 16.7 Å². The van der Waals surface area contributed by atoms with E-state index in [4.69, 9.17) is 0 Å². The third-order valence-corrected chi connectivity index (χ3v) is 8.15. The van der Waals surface area contributed by atoms with E-state index in [9.17, 15) is 13.9 Å². The molecule has 12 heteroatoms. The summed E-state index contributed by atoms with van der Waals surface area (Å²) in [6.07, 6.45) is 1.35. The molecule has 1 fully saturated rings. The van der Waals surface area contributed by atoms with E-state index in [1.165, 1.54) is 28.3 Å². The molecule has 2 heterocycles. The number of halogens is 4. The van der Waals surface area contributed by atoms with Crippen LogP contribution in [-0.2, 0) is 25.2 Å². The molecule has 1 atom stereocenters. The van der Waals surface area contributed by atoms with Gasteiger partial charge in [0.05, 0.1) is 6.54 Å². The summed E-state index contributed by atoms with van der Waals surface area (Å²) in [5.74, 6) is -1.52. The summed E-state index contributed by atoms with van der Waals surface area (Å²) < 4.78 is 31.8. The number of aromatic nitrogens is 4. The lowest BCUT2D eigenvalue weighted by molar-refractivity contribution is -0.0178. The Bertz CT molecular complexity index is 1430. The summed E-state index contributed by atoms with van der Waals surface area (Å²) in [6.45, 7) is 5.28. The molecule has 0 aliphatic carbocycles. The van der Waals surface area contributed by atoms with Gasteiger partial charge in [0.15, 0.2) is 0 Å². The van der Waals surface area contributed by atoms with Gasteiger partial charge in [-0.1, -0.05) is 50.1 Å². The van der Waals surface area contributed by atoms with Crippen LogP contribution in [0.3, 0.4) is 0 Å². The largest absolute Gasteiger partial charge is 0.382 e. The van der Waals surface area contributed by atoms with Crippen LogP contribution in [0.5, 0.6) is 0 Å². The van der Waals surface area contributed by atoms with Crippen LogP contribution >= 0.6 is 31.9 Å². The first-order valence-electron chi connectivity index (χ1n) is 13.3. The number of rotatable bonds is 10. The zero-order valence-corrected chi connectivity index (χ0v) is 25.8. The van der Waals surface area contributed by atoms with Gasteiger partial charge in [-0.2, -0.15) is 0 Å². The van der Waals surface area contributed by atoms with Crippen molar-refractivity contribution in [2.24, 2.45) is 0 Å². The average Bonchev–Trinajstić information content (AvgIpc) is 3.41. The average molecular weight is 691 g/mol. The molecule has 0 saturated carbocycles. The number of tetrazole rings is 1. The summed E-state index contributed by atoms with van der Waals surface area (Å²) in [5, 5.41) is 22.6. The van der Waals surface area contributed by atoms with Crippen LogP contribution < -0.4 is 4.90 Å². The number of anilines is 1. The highest BCUT2D eigenvalue weighted by atomic mass is 79.9. The molecule has 216 valence electrons. The van der Waals surface area contributed by atoms with Crippen molar-refractivity contribution in [3.63, 3.8) is 0 Å². The topological polar surface area (TPSA) is 73.6 Å². The maximum Gasteiger partial charge on any atom is 0.138 e. The Morgan fingerprint density at radius 2 is 1.63 bits per heavy atom. The minimum Gasteiger partial charge on any atom is -0.382 e. The lowest BCUT2D eigenvalue weighted by atomic mass is 9.92. The number of piperazine rings is 1. The standard InChI is InChI=1S/C29H31Br2F2N7O/c1-37(18-29(41,19-40-20-34-35-36-40)27-7-4-25(32)15-28(27)33)16-21-2-5-26(6-3-21)39-10-8-38(9-11-39)17-22-12-23(30)14-24(31)13-22/h2-7,12-15,20,41H,8-11,16-19H2,1H3. The lowest BCUT2D eigenvalue weighted by Crippen LogP contribution is -2.46. The Labute approximate surface area is 254 Å². The molecule has 3 aromatic carbocycles. The number of hydrogen-bond donors (Lipinski definition) is 1. The van der Waals surface area contributed by atoms with Gasteiger partial charge in [0, 0.05) is 72.1 Å².